The van der Waals surface area contributed by atoms with Crippen LogP contribution in [0.2, 0.25) is 0 Å². The number of likely N-dealkylation sites (N-methyl/N-ethyl adjacent to an activating group) is 1. The van der Waals surface area contributed by atoms with Gasteiger partial charge in [-0.25, -0.2) is 0 Å². The Morgan fingerprint density at radius 3 is 2.65 bits per heavy atom. The molecule has 1 rings (SSSR count). The lowest BCUT2D eigenvalue weighted by Crippen LogP contribution is -2.42. The van der Waals surface area contributed by atoms with Crippen molar-refractivity contribution in [2.45, 2.75) is 33.2 Å². The molecule has 1 amide bonds. The highest BCUT2D eigenvalue weighted by atomic mass is 35.5. The van der Waals surface area contributed by atoms with Gasteiger partial charge in [0.25, 0.3) is 0 Å². The van der Waals surface area contributed by atoms with Crippen LogP contribution < -0.4 is 10.6 Å². The van der Waals surface area contributed by atoms with Gasteiger partial charge < -0.3 is 10.6 Å². The predicted molar refractivity (Wildman–Crippen MR) is 73.6 cm³/mol. The van der Waals surface area contributed by atoms with E-state index in [2.05, 4.69) is 22.5 Å². The Morgan fingerprint density at radius 2 is 2.18 bits per heavy atom. The molecular weight excluding hydrogens is 238 g/mol. The number of hydrogen-bond acceptors (Lipinski definition) is 3. The molecule has 0 aromatic carbocycles. The van der Waals surface area contributed by atoms with Gasteiger partial charge in [0.2, 0.25) is 5.91 Å². The Kier molecular flexibility index (Phi) is 7.05. The van der Waals surface area contributed by atoms with E-state index < -0.39 is 0 Å². The van der Waals surface area contributed by atoms with E-state index in [1.807, 2.05) is 20.9 Å². The SMILES string of the molecule is CC(C)NC(=O)CN(C)CC1(C)CCNC1.Cl. The molecule has 102 valence electrons. The van der Waals surface area contributed by atoms with Crippen molar-refractivity contribution in [1.82, 2.24) is 15.5 Å². The molecule has 1 atom stereocenters. The first-order valence-corrected chi connectivity index (χ1v) is 6.10. The quantitative estimate of drug-likeness (QED) is 0.774. The average Bonchev–Trinajstić information content (AvgIpc) is 2.48. The van der Waals surface area contributed by atoms with Gasteiger partial charge in [0, 0.05) is 19.1 Å². The van der Waals surface area contributed by atoms with Gasteiger partial charge in [-0.2, -0.15) is 0 Å². The highest BCUT2D eigenvalue weighted by Gasteiger charge is 2.29. The van der Waals surface area contributed by atoms with Crippen LogP contribution in [0.3, 0.4) is 0 Å². The third kappa shape index (κ3) is 6.24. The normalized spacial score (nSPS) is 23.9. The zero-order valence-corrected chi connectivity index (χ0v) is 12.2. The van der Waals surface area contributed by atoms with E-state index in [1.54, 1.807) is 0 Å². The van der Waals surface area contributed by atoms with Crippen molar-refractivity contribution in [2.24, 2.45) is 5.41 Å². The van der Waals surface area contributed by atoms with Crippen molar-refractivity contribution >= 4 is 18.3 Å². The van der Waals surface area contributed by atoms with Gasteiger partial charge in [0.1, 0.15) is 0 Å². The van der Waals surface area contributed by atoms with Crippen molar-refractivity contribution < 1.29 is 4.79 Å². The van der Waals surface area contributed by atoms with Crippen molar-refractivity contribution in [3.05, 3.63) is 0 Å². The average molecular weight is 264 g/mol. The summed E-state index contributed by atoms with van der Waals surface area (Å²) in [5.74, 6) is 0.118. The number of carbonyl (C=O) groups excluding carboxylic acids is 1. The van der Waals surface area contributed by atoms with Gasteiger partial charge in [0.15, 0.2) is 0 Å². The predicted octanol–water partition coefficient (Wildman–Crippen LogP) is 0.864. The second kappa shape index (κ2) is 7.19. The number of nitrogens with one attached hydrogen (secondary N) is 2. The zero-order chi connectivity index (χ0) is 12.2. The maximum absolute atomic E-state index is 11.6. The Labute approximate surface area is 111 Å². The standard InChI is InChI=1S/C12H25N3O.ClH/c1-10(2)14-11(16)7-15(4)9-12(3)5-6-13-8-12;/h10,13H,5-9H2,1-4H3,(H,14,16);1H. The molecule has 0 aliphatic carbocycles. The molecule has 1 saturated heterocycles. The number of amides is 1. The fraction of sp³-hybridized carbons (Fsp3) is 0.917. The highest BCUT2D eigenvalue weighted by Crippen LogP contribution is 2.24. The number of nitrogens with zero attached hydrogens (tertiary/aromatic N) is 1. The van der Waals surface area contributed by atoms with Crippen molar-refractivity contribution in [3.63, 3.8) is 0 Å². The molecule has 0 radical (unpaired) electrons. The fourth-order valence-electron chi connectivity index (χ4n) is 2.32. The summed E-state index contributed by atoms with van der Waals surface area (Å²) in [4.78, 5) is 13.7. The first kappa shape index (κ1) is 16.7. The van der Waals surface area contributed by atoms with Gasteiger partial charge in [-0.15, -0.1) is 12.4 Å². The molecule has 1 fully saturated rings. The minimum Gasteiger partial charge on any atom is -0.353 e. The van der Waals surface area contributed by atoms with E-state index in [0.29, 0.717) is 12.0 Å². The smallest absolute Gasteiger partial charge is 0.234 e. The molecule has 0 aromatic heterocycles. The molecule has 17 heavy (non-hydrogen) atoms. The lowest BCUT2D eigenvalue weighted by Gasteiger charge is -2.28. The molecule has 1 aliphatic rings. The summed E-state index contributed by atoms with van der Waals surface area (Å²) in [6, 6.07) is 0.227. The topological polar surface area (TPSA) is 44.4 Å². The Morgan fingerprint density at radius 1 is 1.53 bits per heavy atom. The number of carbonyl (C=O) groups is 1. The minimum atomic E-state index is 0. The second-order valence-corrected chi connectivity index (χ2v) is 5.63. The van der Waals surface area contributed by atoms with Crippen molar-refractivity contribution in [3.8, 4) is 0 Å². The summed E-state index contributed by atoms with van der Waals surface area (Å²) in [6.45, 7) is 9.88. The summed E-state index contributed by atoms with van der Waals surface area (Å²) in [5, 5.41) is 6.29. The Balaban J connectivity index is 0.00000256. The van der Waals surface area contributed by atoms with E-state index in [4.69, 9.17) is 0 Å². The molecule has 1 heterocycles. The van der Waals surface area contributed by atoms with E-state index in [0.717, 1.165) is 19.6 Å². The second-order valence-electron chi connectivity index (χ2n) is 5.63. The summed E-state index contributed by atoms with van der Waals surface area (Å²) in [7, 11) is 2.02. The minimum absolute atomic E-state index is 0. The third-order valence-corrected chi connectivity index (χ3v) is 2.97. The molecule has 0 bridgehead atoms. The first-order valence-electron chi connectivity index (χ1n) is 6.10. The number of rotatable bonds is 5. The number of halogens is 1. The molecule has 4 nitrogen and oxygen atoms in total. The Hall–Kier alpha value is -0.320. The summed E-state index contributed by atoms with van der Waals surface area (Å²) < 4.78 is 0. The molecule has 0 aromatic rings. The lowest BCUT2D eigenvalue weighted by molar-refractivity contribution is -0.122. The van der Waals surface area contributed by atoms with Crippen LogP contribution >= 0.6 is 12.4 Å². The van der Waals surface area contributed by atoms with E-state index in [9.17, 15) is 4.79 Å². The van der Waals surface area contributed by atoms with Crippen molar-refractivity contribution in [2.75, 3.05) is 33.2 Å². The molecule has 1 unspecified atom stereocenters. The van der Waals surface area contributed by atoms with Crippen LogP contribution in [0.5, 0.6) is 0 Å². The monoisotopic (exact) mass is 263 g/mol. The fourth-order valence-corrected chi connectivity index (χ4v) is 2.32. The number of hydrogen-bond donors (Lipinski definition) is 2. The van der Waals surface area contributed by atoms with E-state index >= 15 is 0 Å². The van der Waals surface area contributed by atoms with Gasteiger partial charge in [-0.3, -0.25) is 9.69 Å². The maximum atomic E-state index is 11.6. The van der Waals surface area contributed by atoms with Crippen LogP contribution in [0.4, 0.5) is 0 Å². The van der Waals surface area contributed by atoms with E-state index in [1.165, 1.54) is 6.42 Å². The van der Waals surface area contributed by atoms with Gasteiger partial charge in [-0.05, 0) is 39.3 Å². The van der Waals surface area contributed by atoms with Crippen LogP contribution in [0.1, 0.15) is 27.2 Å². The zero-order valence-electron chi connectivity index (χ0n) is 11.4. The van der Waals surface area contributed by atoms with E-state index in [-0.39, 0.29) is 24.4 Å². The molecule has 1 aliphatic heterocycles. The molecule has 0 spiro atoms. The van der Waals surface area contributed by atoms with Crippen LogP contribution in [0.15, 0.2) is 0 Å². The van der Waals surface area contributed by atoms with Crippen molar-refractivity contribution in [1.29, 1.82) is 0 Å². The first-order chi connectivity index (χ1) is 7.41. The maximum Gasteiger partial charge on any atom is 0.234 e. The van der Waals surface area contributed by atoms with Gasteiger partial charge in [-0.1, -0.05) is 6.92 Å². The summed E-state index contributed by atoms with van der Waals surface area (Å²) >= 11 is 0. The molecule has 2 N–H and O–H groups in total. The molecule has 0 saturated carbocycles. The highest BCUT2D eigenvalue weighted by molar-refractivity contribution is 5.85. The van der Waals surface area contributed by atoms with Crippen LogP contribution in [-0.2, 0) is 4.79 Å². The largest absolute Gasteiger partial charge is 0.353 e. The van der Waals surface area contributed by atoms with Crippen LogP contribution in [-0.4, -0.2) is 50.1 Å². The molecule has 5 heteroatoms. The third-order valence-electron chi connectivity index (χ3n) is 2.97. The van der Waals surface area contributed by atoms with Gasteiger partial charge in [0.05, 0.1) is 6.54 Å². The van der Waals surface area contributed by atoms with Gasteiger partial charge >= 0.3 is 0 Å². The lowest BCUT2D eigenvalue weighted by atomic mass is 9.89. The Bertz CT molecular complexity index is 240. The summed E-state index contributed by atoms with van der Waals surface area (Å²) in [6.07, 6.45) is 1.20. The van der Waals surface area contributed by atoms with Crippen LogP contribution in [0, 0.1) is 5.41 Å². The summed E-state index contributed by atoms with van der Waals surface area (Å²) in [5.41, 5.74) is 0.326. The van der Waals surface area contributed by atoms with Crippen LogP contribution in [0.25, 0.3) is 0 Å². The molecular formula is C12H26ClN3O.